The molecule has 0 bridgehead atoms. The van der Waals surface area contributed by atoms with Crippen molar-refractivity contribution in [2.24, 2.45) is 0 Å². The van der Waals surface area contributed by atoms with E-state index in [1.807, 2.05) is 39.0 Å². The Bertz CT molecular complexity index is 898. The van der Waals surface area contributed by atoms with Crippen LogP contribution in [0.2, 0.25) is 0 Å². The summed E-state index contributed by atoms with van der Waals surface area (Å²) >= 11 is 1.22. The lowest BCUT2D eigenvalue weighted by Gasteiger charge is -2.35. The number of piperidine rings is 1. The van der Waals surface area contributed by atoms with Gasteiger partial charge in [0.15, 0.2) is 0 Å². The zero-order chi connectivity index (χ0) is 20.3. The van der Waals surface area contributed by atoms with Crippen LogP contribution in [-0.4, -0.2) is 44.4 Å². The van der Waals surface area contributed by atoms with E-state index >= 15 is 0 Å². The fourth-order valence-corrected chi connectivity index (χ4v) is 5.82. The summed E-state index contributed by atoms with van der Waals surface area (Å²) in [6.07, 6.45) is 1.37. The summed E-state index contributed by atoms with van der Waals surface area (Å²) in [4.78, 5) is 14.8. The highest BCUT2D eigenvalue weighted by molar-refractivity contribution is 7.91. The molecule has 6 nitrogen and oxygen atoms in total. The summed E-state index contributed by atoms with van der Waals surface area (Å²) < 4.78 is 27.9. The second-order valence-electron chi connectivity index (χ2n) is 7.30. The maximum Gasteiger partial charge on any atom is 0.250 e. The number of nitrogens with one attached hydrogen (secondary N) is 2. The average molecular weight is 422 g/mol. The van der Waals surface area contributed by atoms with E-state index in [1.165, 1.54) is 11.3 Å². The quantitative estimate of drug-likeness (QED) is 0.751. The zero-order valence-corrected chi connectivity index (χ0v) is 18.1. The smallest absolute Gasteiger partial charge is 0.250 e. The molecule has 1 aliphatic rings. The minimum absolute atomic E-state index is 0.0324. The Balaban J connectivity index is 1.55. The van der Waals surface area contributed by atoms with Gasteiger partial charge in [0.1, 0.15) is 4.21 Å². The normalized spacial score (nSPS) is 17.4. The lowest BCUT2D eigenvalue weighted by Crippen LogP contribution is -2.50. The van der Waals surface area contributed by atoms with Gasteiger partial charge in [0.05, 0.1) is 6.04 Å². The summed E-state index contributed by atoms with van der Waals surface area (Å²) in [7, 11) is -3.45. The standard InChI is InChI=1S/C20H27N3O3S2/c1-14-6-4-7-15(2)19(14)21-20(24)16(3)23-11-9-17(10-12-23)22-28(25,26)18-8-5-13-27-18/h4-8,13,16-17,22H,9-12H2,1-3H3,(H,21,24)/t16-/m0/s1. The molecule has 28 heavy (non-hydrogen) atoms. The van der Waals surface area contributed by atoms with Gasteiger partial charge < -0.3 is 5.32 Å². The summed E-state index contributed by atoms with van der Waals surface area (Å²) in [5, 5.41) is 4.81. The molecule has 0 spiro atoms. The van der Waals surface area contributed by atoms with Crippen molar-refractivity contribution >= 4 is 33.0 Å². The topological polar surface area (TPSA) is 78.5 Å². The zero-order valence-electron chi connectivity index (χ0n) is 16.4. The van der Waals surface area contributed by atoms with Gasteiger partial charge in [-0.2, -0.15) is 0 Å². The van der Waals surface area contributed by atoms with Gasteiger partial charge in [-0.25, -0.2) is 13.1 Å². The molecule has 0 saturated carbocycles. The minimum atomic E-state index is -3.45. The molecule has 1 atom stereocenters. The fourth-order valence-electron chi connectivity index (χ4n) is 3.50. The van der Waals surface area contributed by atoms with Crippen molar-refractivity contribution in [3.8, 4) is 0 Å². The Morgan fingerprint density at radius 3 is 2.36 bits per heavy atom. The highest BCUT2D eigenvalue weighted by Crippen LogP contribution is 2.22. The number of aryl methyl sites for hydroxylation is 2. The van der Waals surface area contributed by atoms with E-state index in [4.69, 9.17) is 0 Å². The van der Waals surface area contributed by atoms with Crippen LogP contribution in [-0.2, 0) is 14.8 Å². The molecule has 1 aromatic carbocycles. The van der Waals surface area contributed by atoms with E-state index in [2.05, 4.69) is 14.9 Å². The van der Waals surface area contributed by atoms with E-state index in [0.717, 1.165) is 16.8 Å². The number of likely N-dealkylation sites (tertiary alicyclic amines) is 1. The third kappa shape index (κ3) is 4.81. The Kier molecular flexibility index (Phi) is 6.54. The summed E-state index contributed by atoms with van der Waals surface area (Å²) in [5.41, 5.74) is 2.96. The molecule has 152 valence electrons. The lowest BCUT2D eigenvalue weighted by molar-refractivity contribution is -0.121. The number of para-hydroxylation sites is 1. The number of rotatable bonds is 6. The summed E-state index contributed by atoms with van der Waals surface area (Å²) in [6, 6.07) is 8.93. The largest absolute Gasteiger partial charge is 0.324 e. The molecule has 1 aliphatic heterocycles. The number of carbonyl (C=O) groups is 1. The third-order valence-corrected chi connectivity index (χ3v) is 8.19. The predicted octanol–water partition coefficient (Wildman–Crippen LogP) is 3.13. The number of thiophene rings is 1. The molecule has 0 aliphatic carbocycles. The number of hydrogen-bond donors (Lipinski definition) is 2. The molecule has 0 radical (unpaired) electrons. The third-order valence-electron chi connectivity index (χ3n) is 5.27. The van der Waals surface area contributed by atoms with Gasteiger partial charge >= 0.3 is 0 Å². The number of benzene rings is 1. The van der Waals surface area contributed by atoms with Crippen molar-refractivity contribution in [2.75, 3.05) is 18.4 Å². The van der Waals surface area contributed by atoms with Crippen LogP contribution in [0, 0.1) is 13.8 Å². The van der Waals surface area contributed by atoms with Gasteiger partial charge in [0, 0.05) is 24.8 Å². The van der Waals surface area contributed by atoms with Crippen LogP contribution in [0.25, 0.3) is 0 Å². The highest BCUT2D eigenvalue weighted by atomic mass is 32.2. The first-order valence-electron chi connectivity index (χ1n) is 9.45. The van der Waals surface area contributed by atoms with Gasteiger partial charge in [-0.15, -0.1) is 11.3 Å². The first-order valence-corrected chi connectivity index (χ1v) is 11.8. The van der Waals surface area contributed by atoms with Gasteiger partial charge in [0.25, 0.3) is 0 Å². The van der Waals surface area contributed by atoms with Crippen LogP contribution < -0.4 is 10.0 Å². The SMILES string of the molecule is Cc1cccc(C)c1NC(=O)[C@H](C)N1CCC(NS(=O)(=O)c2cccs2)CC1. The van der Waals surface area contributed by atoms with E-state index in [1.54, 1.807) is 17.5 Å². The molecule has 3 rings (SSSR count). The monoisotopic (exact) mass is 421 g/mol. The summed E-state index contributed by atoms with van der Waals surface area (Å²) in [5.74, 6) is -0.0324. The van der Waals surface area contributed by atoms with Crippen LogP contribution in [0.5, 0.6) is 0 Å². The van der Waals surface area contributed by atoms with Crippen molar-refractivity contribution < 1.29 is 13.2 Å². The molecular weight excluding hydrogens is 394 g/mol. The van der Waals surface area contributed by atoms with Crippen molar-refractivity contribution in [3.63, 3.8) is 0 Å². The number of amides is 1. The molecule has 1 saturated heterocycles. The Morgan fingerprint density at radius 1 is 1.14 bits per heavy atom. The van der Waals surface area contributed by atoms with Gasteiger partial charge in [0.2, 0.25) is 15.9 Å². The number of sulfonamides is 1. The second-order valence-corrected chi connectivity index (χ2v) is 10.2. The van der Waals surface area contributed by atoms with Crippen LogP contribution in [0.1, 0.15) is 30.9 Å². The Labute approximate surface area is 171 Å². The van der Waals surface area contributed by atoms with Crippen molar-refractivity contribution in [2.45, 2.75) is 49.9 Å². The second kappa shape index (κ2) is 8.73. The molecule has 2 N–H and O–H groups in total. The number of nitrogens with zero attached hydrogens (tertiary/aromatic N) is 1. The van der Waals surface area contributed by atoms with Crippen molar-refractivity contribution in [1.29, 1.82) is 0 Å². The van der Waals surface area contributed by atoms with Crippen LogP contribution in [0.3, 0.4) is 0 Å². The first-order chi connectivity index (χ1) is 13.3. The minimum Gasteiger partial charge on any atom is -0.324 e. The molecule has 1 aromatic heterocycles. The van der Waals surface area contributed by atoms with Crippen molar-refractivity contribution in [3.05, 3.63) is 46.8 Å². The first kappa shape index (κ1) is 21.0. The van der Waals surface area contributed by atoms with Gasteiger partial charge in [-0.3, -0.25) is 9.69 Å². The van der Waals surface area contributed by atoms with Crippen LogP contribution in [0.15, 0.2) is 39.9 Å². The number of hydrogen-bond acceptors (Lipinski definition) is 5. The number of carbonyl (C=O) groups excluding carboxylic acids is 1. The van der Waals surface area contributed by atoms with E-state index in [9.17, 15) is 13.2 Å². The molecule has 1 fully saturated rings. The molecule has 1 amide bonds. The molecule has 0 unspecified atom stereocenters. The Hall–Kier alpha value is -1.74. The average Bonchev–Trinajstić information content (AvgIpc) is 3.20. The Morgan fingerprint density at radius 2 is 1.79 bits per heavy atom. The van der Waals surface area contributed by atoms with E-state index in [0.29, 0.717) is 30.1 Å². The van der Waals surface area contributed by atoms with Crippen LogP contribution in [0.4, 0.5) is 5.69 Å². The van der Waals surface area contributed by atoms with E-state index < -0.39 is 10.0 Å². The number of anilines is 1. The fraction of sp³-hybridized carbons (Fsp3) is 0.450. The predicted molar refractivity (Wildman–Crippen MR) is 113 cm³/mol. The molecule has 8 heteroatoms. The lowest BCUT2D eigenvalue weighted by atomic mass is 10.0. The maximum atomic E-state index is 12.7. The van der Waals surface area contributed by atoms with Crippen LogP contribution >= 0.6 is 11.3 Å². The van der Waals surface area contributed by atoms with E-state index in [-0.39, 0.29) is 18.0 Å². The maximum absolute atomic E-state index is 12.7. The van der Waals surface area contributed by atoms with Gasteiger partial charge in [-0.1, -0.05) is 24.3 Å². The van der Waals surface area contributed by atoms with Gasteiger partial charge in [-0.05, 0) is 56.2 Å². The molecule has 2 aromatic rings. The summed E-state index contributed by atoms with van der Waals surface area (Å²) in [6.45, 7) is 7.23. The van der Waals surface area contributed by atoms with Crippen molar-refractivity contribution in [1.82, 2.24) is 9.62 Å². The molecule has 2 heterocycles. The highest BCUT2D eigenvalue weighted by Gasteiger charge is 2.29. The molecular formula is C20H27N3O3S2.